The number of carboxylic acid groups (broad SMARTS) is 1. The molecule has 92 valence electrons. The van der Waals surface area contributed by atoms with E-state index in [2.05, 4.69) is 5.32 Å². The number of likely N-dealkylation sites (N-methyl/N-ethyl adjacent to an activating group) is 2. The lowest BCUT2D eigenvalue weighted by atomic mass is 10.2. The number of nitrogens with one attached hydrogen (secondary N) is 1. The fourth-order valence-corrected chi connectivity index (χ4v) is 1.64. The van der Waals surface area contributed by atoms with Crippen LogP contribution < -0.4 is 5.32 Å². The Morgan fingerprint density at radius 1 is 1.44 bits per heavy atom. The third-order valence-corrected chi connectivity index (χ3v) is 2.64. The van der Waals surface area contributed by atoms with Gasteiger partial charge in [0.15, 0.2) is 6.10 Å². The highest BCUT2D eigenvalue weighted by Crippen LogP contribution is 2.21. The van der Waals surface area contributed by atoms with E-state index < -0.39 is 18.2 Å². The molecule has 0 aliphatic carbocycles. The molecular weight excluding hydrogens is 212 g/mol. The van der Waals surface area contributed by atoms with Crippen LogP contribution in [0.1, 0.15) is 12.8 Å². The van der Waals surface area contributed by atoms with Crippen LogP contribution in [0.5, 0.6) is 0 Å². The maximum Gasteiger partial charge on any atom is 0.332 e. The van der Waals surface area contributed by atoms with Gasteiger partial charge in [0.2, 0.25) is 0 Å². The third kappa shape index (κ3) is 3.18. The molecule has 1 aliphatic heterocycles. The van der Waals surface area contributed by atoms with Gasteiger partial charge in [0.1, 0.15) is 6.10 Å². The van der Waals surface area contributed by atoms with Gasteiger partial charge in [0, 0.05) is 20.1 Å². The van der Waals surface area contributed by atoms with E-state index in [0.717, 1.165) is 0 Å². The molecule has 6 heteroatoms. The molecule has 0 aromatic carbocycles. The summed E-state index contributed by atoms with van der Waals surface area (Å²) < 4.78 is 5.17. The molecule has 0 aromatic heterocycles. The molecule has 1 heterocycles. The molecule has 16 heavy (non-hydrogen) atoms. The second kappa shape index (κ2) is 5.81. The Bertz CT molecular complexity index is 270. The first-order chi connectivity index (χ1) is 7.56. The van der Waals surface area contributed by atoms with Gasteiger partial charge in [-0.25, -0.2) is 4.79 Å². The fourth-order valence-electron chi connectivity index (χ4n) is 1.64. The summed E-state index contributed by atoms with van der Waals surface area (Å²) in [5, 5.41) is 11.7. The molecule has 0 spiro atoms. The Balaban J connectivity index is 2.41. The van der Waals surface area contributed by atoms with Crippen LogP contribution in [-0.2, 0) is 14.3 Å². The zero-order valence-electron chi connectivity index (χ0n) is 9.60. The quantitative estimate of drug-likeness (QED) is 0.652. The Kier molecular flexibility index (Phi) is 4.70. The van der Waals surface area contributed by atoms with Gasteiger partial charge in [-0.1, -0.05) is 0 Å². The molecule has 1 aliphatic rings. The van der Waals surface area contributed by atoms with E-state index in [1.54, 1.807) is 11.9 Å². The lowest BCUT2D eigenvalue weighted by Gasteiger charge is -2.20. The van der Waals surface area contributed by atoms with Crippen LogP contribution in [-0.4, -0.2) is 61.3 Å². The van der Waals surface area contributed by atoms with E-state index in [-0.39, 0.29) is 5.91 Å². The minimum atomic E-state index is -0.992. The SMILES string of the molecule is CNCCN(C)C(=O)[C@@H]1CC[C@H](C(=O)O)O1. The van der Waals surface area contributed by atoms with Crippen molar-refractivity contribution in [2.45, 2.75) is 25.0 Å². The first-order valence-corrected chi connectivity index (χ1v) is 5.34. The standard InChI is InChI=1S/C10H18N2O4/c1-11-5-6-12(2)9(13)7-3-4-8(16-7)10(14)15/h7-8,11H,3-6H2,1-2H3,(H,14,15)/t7-,8+/m0/s1. The van der Waals surface area contributed by atoms with Crippen molar-refractivity contribution >= 4 is 11.9 Å². The average molecular weight is 230 g/mol. The number of carbonyl (C=O) groups is 2. The van der Waals surface area contributed by atoms with Crippen molar-refractivity contribution in [2.75, 3.05) is 27.2 Å². The molecule has 1 saturated heterocycles. The topological polar surface area (TPSA) is 78.9 Å². The molecule has 6 nitrogen and oxygen atoms in total. The Morgan fingerprint density at radius 3 is 2.56 bits per heavy atom. The van der Waals surface area contributed by atoms with Crippen LogP contribution in [0.2, 0.25) is 0 Å². The second-order valence-electron chi connectivity index (χ2n) is 3.89. The predicted molar refractivity (Wildman–Crippen MR) is 57.1 cm³/mol. The van der Waals surface area contributed by atoms with Crippen LogP contribution in [0.15, 0.2) is 0 Å². The third-order valence-electron chi connectivity index (χ3n) is 2.64. The number of carboxylic acids is 1. The molecule has 0 aromatic rings. The first kappa shape index (κ1) is 12.9. The summed E-state index contributed by atoms with van der Waals surface area (Å²) in [6.07, 6.45) is -0.528. The number of carbonyl (C=O) groups excluding carboxylic acids is 1. The molecule has 0 bridgehead atoms. The summed E-state index contributed by atoms with van der Waals surface area (Å²) in [6.45, 7) is 1.30. The van der Waals surface area contributed by atoms with Crippen molar-refractivity contribution in [3.05, 3.63) is 0 Å². The summed E-state index contributed by atoms with van der Waals surface area (Å²) in [5.41, 5.74) is 0. The van der Waals surface area contributed by atoms with Crippen LogP contribution >= 0.6 is 0 Å². The maximum absolute atomic E-state index is 11.8. The number of amides is 1. The Labute approximate surface area is 94.6 Å². The second-order valence-corrected chi connectivity index (χ2v) is 3.89. The molecule has 2 atom stereocenters. The lowest BCUT2D eigenvalue weighted by Crippen LogP contribution is -2.40. The summed E-state index contributed by atoms with van der Waals surface area (Å²) in [4.78, 5) is 24.0. The van der Waals surface area contributed by atoms with Crippen molar-refractivity contribution < 1.29 is 19.4 Å². The summed E-state index contributed by atoms with van der Waals surface area (Å²) in [5.74, 6) is -1.13. The number of aliphatic carboxylic acids is 1. The molecular formula is C10H18N2O4. The summed E-state index contributed by atoms with van der Waals surface area (Å²) >= 11 is 0. The highest BCUT2D eigenvalue weighted by atomic mass is 16.5. The van der Waals surface area contributed by atoms with Gasteiger partial charge in [0.25, 0.3) is 5.91 Å². The molecule has 1 amide bonds. The van der Waals surface area contributed by atoms with E-state index in [1.165, 1.54) is 0 Å². The van der Waals surface area contributed by atoms with E-state index in [9.17, 15) is 9.59 Å². The van der Waals surface area contributed by atoms with Crippen LogP contribution in [0.25, 0.3) is 0 Å². The highest BCUT2D eigenvalue weighted by Gasteiger charge is 2.35. The molecule has 0 radical (unpaired) electrons. The molecule has 0 unspecified atom stereocenters. The maximum atomic E-state index is 11.8. The number of ether oxygens (including phenoxy) is 1. The first-order valence-electron chi connectivity index (χ1n) is 5.34. The van der Waals surface area contributed by atoms with E-state index in [1.807, 2.05) is 7.05 Å². The minimum Gasteiger partial charge on any atom is -0.479 e. The average Bonchev–Trinajstić information content (AvgIpc) is 2.74. The minimum absolute atomic E-state index is 0.140. The smallest absolute Gasteiger partial charge is 0.332 e. The fraction of sp³-hybridized carbons (Fsp3) is 0.800. The van der Waals surface area contributed by atoms with Gasteiger partial charge >= 0.3 is 5.97 Å². The van der Waals surface area contributed by atoms with Crippen molar-refractivity contribution in [3.63, 3.8) is 0 Å². The monoisotopic (exact) mass is 230 g/mol. The highest BCUT2D eigenvalue weighted by molar-refractivity contribution is 5.82. The Hall–Kier alpha value is -1.14. The summed E-state index contributed by atoms with van der Waals surface area (Å²) in [6, 6.07) is 0. The molecule has 1 fully saturated rings. The van der Waals surface area contributed by atoms with Gasteiger partial charge in [-0.05, 0) is 19.9 Å². The lowest BCUT2D eigenvalue weighted by molar-refractivity contribution is -0.154. The van der Waals surface area contributed by atoms with Gasteiger partial charge in [-0.15, -0.1) is 0 Å². The van der Waals surface area contributed by atoms with Crippen LogP contribution in [0, 0.1) is 0 Å². The van der Waals surface area contributed by atoms with E-state index >= 15 is 0 Å². The van der Waals surface area contributed by atoms with Crippen molar-refractivity contribution in [1.29, 1.82) is 0 Å². The zero-order chi connectivity index (χ0) is 12.1. The normalized spacial score (nSPS) is 24.4. The molecule has 2 N–H and O–H groups in total. The van der Waals surface area contributed by atoms with E-state index in [4.69, 9.17) is 9.84 Å². The number of nitrogens with zero attached hydrogens (tertiary/aromatic N) is 1. The van der Waals surface area contributed by atoms with Crippen molar-refractivity contribution in [2.24, 2.45) is 0 Å². The number of hydrogen-bond donors (Lipinski definition) is 2. The van der Waals surface area contributed by atoms with Crippen LogP contribution in [0.4, 0.5) is 0 Å². The zero-order valence-corrected chi connectivity index (χ0v) is 9.60. The van der Waals surface area contributed by atoms with Gasteiger partial charge in [-0.3, -0.25) is 4.79 Å². The van der Waals surface area contributed by atoms with Gasteiger partial charge in [0.05, 0.1) is 0 Å². The van der Waals surface area contributed by atoms with E-state index in [0.29, 0.717) is 25.9 Å². The number of rotatable bonds is 5. The summed E-state index contributed by atoms with van der Waals surface area (Å²) in [7, 11) is 3.50. The van der Waals surface area contributed by atoms with Crippen molar-refractivity contribution in [1.82, 2.24) is 10.2 Å². The van der Waals surface area contributed by atoms with Gasteiger partial charge in [-0.2, -0.15) is 0 Å². The predicted octanol–water partition coefficient (Wildman–Crippen LogP) is -0.704. The Morgan fingerprint density at radius 2 is 2.06 bits per heavy atom. The van der Waals surface area contributed by atoms with Crippen molar-refractivity contribution in [3.8, 4) is 0 Å². The largest absolute Gasteiger partial charge is 0.479 e. The molecule has 1 rings (SSSR count). The molecule has 0 saturated carbocycles. The van der Waals surface area contributed by atoms with Gasteiger partial charge < -0.3 is 20.1 Å². The number of hydrogen-bond acceptors (Lipinski definition) is 4. The van der Waals surface area contributed by atoms with Crippen LogP contribution in [0.3, 0.4) is 0 Å².